The van der Waals surface area contributed by atoms with Gasteiger partial charge in [0.1, 0.15) is 12.7 Å². The molecule has 0 aliphatic heterocycles. The van der Waals surface area contributed by atoms with E-state index in [1.807, 2.05) is 0 Å². The van der Waals surface area contributed by atoms with Crippen LogP contribution in [-0.4, -0.2) is 69.8 Å². The van der Waals surface area contributed by atoms with Crippen LogP contribution in [0, 0.1) is 0 Å². The number of hydrogen-bond acceptors (Lipinski definition) is 5. The Bertz CT molecular complexity index is 730. The first-order chi connectivity index (χ1) is 24.6. The van der Waals surface area contributed by atoms with Crippen LogP contribution in [0.15, 0.2) is 24.3 Å². The summed E-state index contributed by atoms with van der Waals surface area (Å²) < 4.78 is 18.1. The maximum Gasteiger partial charge on any atom is 0.256 e. The molecule has 296 valence electrons. The van der Waals surface area contributed by atoms with Gasteiger partial charge < -0.3 is 24.4 Å². The summed E-state index contributed by atoms with van der Waals surface area (Å²) in [7, 11) is 4.11. The molecule has 1 N–H and O–H groups in total. The van der Waals surface area contributed by atoms with Crippen LogP contribution >= 0.6 is 12.2 Å². The van der Waals surface area contributed by atoms with Crippen molar-refractivity contribution in [1.82, 2.24) is 10.2 Å². The zero-order valence-corrected chi connectivity index (χ0v) is 34.8. The van der Waals surface area contributed by atoms with Gasteiger partial charge in [-0.25, -0.2) is 0 Å². The van der Waals surface area contributed by atoms with Crippen LogP contribution in [0.25, 0.3) is 0 Å². The van der Waals surface area contributed by atoms with Gasteiger partial charge in [-0.15, -0.1) is 0 Å². The van der Waals surface area contributed by atoms with Crippen LogP contribution in [-0.2, 0) is 14.2 Å². The molecule has 0 saturated carbocycles. The molecule has 0 radical (unpaired) electrons. The fourth-order valence-corrected chi connectivity index (χ4v) is 6.18. The van der Waals surface area contributed by atoms with E-state index in [1.54, 1.807) is 0 Å². The summed E-state index contributed by atoms with van der Waals surface area (Å²) in [5.41, 5.74) is 0. The number of hydrogen-bond donors (Lipinski definition) is 1. The van der Waals surface area contributed by atoms with Gasteiger partial charge >= 0.3 is 0 Å². The maximum absolute atomic E-state index is 6.23. The SMILES string of the molecule is CCCCCCCC/C=C\CCCCCCCCOCC(COC(=S)NCCN(C)C)OCCCCCCCC/C=C\CCCCCCCC. The first-order valence-corrected chi connectivity index (χ1v) is 22.1. The molecule has 1 unspecified atom stereocenters. The number of nitrogens with one attached hydrogen (secondary N) is 1. The molecule has 0 bridgehead atoms. The van der Waals surface area contributed by atoms with Crippen LogP contribution in [0.5, 0.6) is 0 Å². The third kappa shape index (κ3) is 41.5. The van der Waals surface area contributed by atoms with E-state index in [-0.39, 0.29) is 6.10 Å². The van der Waals surface area contributed by atoms with E-state index < -0.39 is 0 Å². The Labute approximate surface area is 318 Å². The minimum absolute atomic E-state index is 0.0826. The van der Waals surface area contributed by atoms with Crippen LogP contribution in [0.1, 0.15) is 194 Å². The van der Waals surface area contributed by atoms with Gasteiger partial charge in [-0.2, -0.15) is 0 Å². The molecule has 0 heterocycles. The first-order valence-electron chi connectivity index (χ1n) is 21.6. The van der Waals surface area contributed by atoms with E-state index in [1.165, 1.54) is 167 Å². The minimum atomic E-state index is -0.0826. The quantitative estimate of drug-likeness (QED) is 0.0386. The molecule has 0 amide bonds. The molecule has 0 aromatic carbocycles. The van der Waals surface area contributed by atoms with E-state index in [2.05, 4.69) is 62.5 Å². The molecule has 5 nitrogen and oxygen atoms in total. The van der Waals surface area contributed by atoms with Gasteiger partial charge in [0.2, 0.25) is 0 Å². The van der Waals surface area contributed by atoms with E-state index in [0.717, 1.165) is 39.1 Å². The molecule has 50 heavy (non-hydrogen) atoms. The Morgan fingerprint density at radius 3 is 1.38 bits per heavy atom. The van der Waals surface area contributed by atoms with Gasteiger partial charge in [-0.05, 0) is 90.5 Å². The fraction of sp³-hybridized carbons (Fsp3) is 0.886. The van der Waals surface area contributed by atoms with Crippen molar-refractivity contribution in [3.05, 3.63) is 24.3 Å². The molecule has 0 saturated heterocycles. The summed E-state index contributed by atoms with van der Waals surface area (Å²) in [6.45, 7) is 8.82. The van der Waals surface area contributed by atoms with Gasteiger partial charge in [0, 0.05) is 26.3 Å². The average molecular weight is 723 g/mol. The lowest BCUT2D eigenvalue weighted by atomic mass is 10.1. The summed E-state index contributed by atoms with van der Waals surface area (Å²) in [5, 5.41) is 3.64. The number of nitrogens with zero attached hydrogens (tertiary/aromatic N) is 1. The molecule has 0 aromatic rings. The van der Waals surface area contributed by atoms with Crippen LogP contribution in [0.2, 0.25) is 0 Å². The molecule has 0 aliphatic carbocycles. The molecule has 0 spiro atoms. The molecule has 0 aliphatic rings. The van der Waals surface area contributed by atoms with E-state index in [4.69, 9.17) is 26.4 Å². The standard InChI is InChI=1S/C44H86N2O3S/c1-5-7-9-11-13-15-17-19-21-23-25-27-29-31-33-35-39-47-41-43(42-49-44(50)45-37-38-46(3)4)48-40-36-34-32-30-28-26-24-22-20-18-16-14-12-10-8-6-2/h19-22,43H,5-18,23-42H2,1-4H3,(H,45,50)/b21-19-,22-20-. The van der Waals surface area contributed by atoms with Crippen molar-refractivity contribution >= 4 is 17.4 Å². The summed E-state index contributed by atoms with van der Waals surface area (Å²) in [4.78, 5) is 2.13. The second kappa shape index (κ2) is 42.5. The summed E-state index contributed by atoms with van der Waals surface area (Å²) >= 11 is 5.39. The molecule has 0 fully saturated rings. The predicted octanol–water partition coefficient (Wildman–Crippen LogP) is 12.9. The summed E-state index contributed by atoms with van der Waals surface area (Å²) in [6.07, 6.45) is 46.5. The average Bonchev–Trinajstić information content (AvgIpc) is 3.10. The third-order valence-corrected chi connectivity index (χ3v) is 9.60. The molecule has 6 heteroatoms. The molecule has 0 aromatic heterocycles. The number of ether oxygens (including phenoxy) is 3. The Kier molecular flexibility index (Phi) is 41.7. The molecular formula is C44H86N2O3S. The largest absolute Gasteiger partial charge is 0.468 e. The van der Waals surface area contributed by atoms with E-state index >= 15 is 0 Å². The van der Waals surface area contributed by atoms with Gasteiger partial charge in [0.25, 0.3) is 5.17 Å². The van der Waals surface area contributed by atoms with Crippen molar-refractivity contribution in [1.29, 1.82) is 0 Å². The summed E-state index contributed by atoms with van der Waals surface area (Å²) in [6, 6.07) is 0. The maximum atomic E-state index is 6.23. The zero-order valence-electron chi connectivity index (χ0n) is 34.0. The van der Waals surface area contributed by atoms with Gasteiger partial charge in [-0.3, -0.25) is 0 Å². The highest BCUT2D eigenvalue weighted by Gasteiger charge is 2.12. The number of likely N-dealkylation sites (N-methyl/N-ethyl adjacent to an activating group) is 1. The summed E-state index contributed by atoms with van der Waals surface area (Å²) in [5.74, 6) is 0. The van der Waals surface area contributed by atoms with Crippen LogP contribution in [0.4, 0.5) is 0 Å². The van der Waals surface area contributed by atoms with Gasteiger partial charge in [-0.1, -0.05) is 154 Å². The van der Waals surface area contributed by atoms with Crippen molar-refractivity contribution in [2.75, 3.05) is 53.6 Å². The number of rotatable bonds is 40. The Morgan fingerprint density at radius 1 is 0.540 bits per heavy atom. The first kappa shape index (κ1) is 49.0. The number of allylic oxidation sites excluding steroid dienone is 4. The normalized spacial score (nSPS) is 12.5. The van der Waals surface area contributed by atoms with E-state index in [9.17, 15) is 0 Å². The van der Waals surface area contributed by atoms with Crippen LogP contribution in [0.3, 0.4) is 0 Å². The Hall–Kier alpha value is -0.950. The highest BCUT2D eigenvalue weighted by Crippen LogP contribution is 2.12. The van der Waals surface area contributed by atoms with Crippen LogP contribution < -0.4 is 5.32 Å². The second-order valence-corrected chi connectivity index (χ2v) is 15.1. The van der Waals surface area contributed by atoms with Crippen molar-refractivity contribution in [3.8, 4) is 0 Å². The lowest BCUT2D eigenvalue weighted by Crippen LogP contribution is -2.34. The number of thiocarbonyl (C=S) groups is 1. The monoisotopic (exact) mass is 723 g/mol. The fourth-order valence-electron chi connectivity index (χ4n) is 6.01. The van der Waals surface area contributed by atoms with Crippen molar-refractivity contribution in [2.24, 2.45) is 0 Å². The molecule has 0 rings (SSSR count). The second-order valence-electron chi connectivity index (χ2n) is 14.8. The highest BCUT2D eigenvalue weighted by atomic mass is 32.1. The lowest BCUT2D eigenvalue weighted by Gasteiger charge is -2.20. The lowest BCUT2D eigenvalue weighted by molar-refractivity contribution is -0.0412. The molecule has 1 atom stereocenters. The minimum Gasteiger partial charge on any atom is -0.468 e. The van der Waals surface area contributed by atoms with Crippen molar-refractivity contribution in [3.63, 3.8) is 0 Å². The highest BCUT2D eigenvalue weighted by molar-refractivity contribution is 7.80. The van der Waals surface area contributed by atoms with Gasteiger partial charge in [0.15, 0.2) is 0 Å². The smallest absolute Gasteiger partial charge is 0.256 e. The Balaban J connectivity index is 3.94. The topological polar surface area (TPSA) is 43.0 Å². The predicted molar refractivity (Wildman–Crippen MR) is 225 cm³/mol. The number of unbranched alkanes of at least 4 members (excludes halogenated alkanes) is 24. The van der Waals surface area contributed by atoms with E-state index in [0.29, 0.717) is 18.4 Å². The van der Waals surface area contributed by atoms with Crippen molar-refractivity contribution in [2.45, 2.75) is 200 Å². The van der Waals surface area contributed by atoms with Crippen molar-refractivity contribution < 1.29 is 14.2 Å². The third-order valence-electron chi connectivity index (χ3n) is 9.34. The zero-order chi connectivity index (χ0) is 36.4. The Morgan fingerprint density at radius 2 is 0.940 bits per heavy atom. The molecular weight excluding hydrogens is 637 g/mol. The van der Waals surface area contributed by atoms with Gasteiger partial charge in [0.05, 0.1) is 6.61 Å².